The molecule has 0 atom stereocenters. The minimum Gasteiger partial charge on any atom is -0.476 e. The second kappa shape index (κ2) is 4.59. The highest BCUT2D eigenvalue weighted by Gasteiger charge is 2.30. The van der Waals surface area contributed by atoms with E-state index in [4.69, 9.17) is 5.73 Å². The predicted molar refractivity (Wildman–Crippen MR) is 74.0 cm³/mol. The van der Waals surface area contributed by atoms with Gasteiger partial charge in [0.1, 0.15) is 0 Å². The average Bonchev–Trinajstić information content (AvgIpc) is 2.76. The van der Waals surface area contributed by atoms with Crippen molar-refractivity contribution in [2.45, 2.75) is 33.1 Å². The molecule has 7 nitrogen and oxygen atoms in total. The van der Waals surface area contributed by atoms with Crippen LogP contribution in [0.3, 0.4) is 0 Å². The number of aromatic nitrogens is 4. The molecule has 7 heteroatoms. The van der Waals surface area contributed by atoms with E-state index in [9.17, 15) is 9.90 Å². The smallest absolute Gasteiger partial charge is 0.358 e. The Hall–Kier alpha value is -2.44. The Morgan fingerprint density at radius 3 is 2.60 bits per heavy atom. The molecule has 2 aromatic heterocycles. The molecule has 0 aromatic carbocycles. The normalized spacial score (nSPS) is 11.6. The van der Waals surface area contributed by atoms with Gasteiger partial charge in [-0.05, 0) is 13.0 Å². The quantitative estimate of drug-likeness (QED) is 0.861. The van der Waals surface area contributed by atoms with Crippen LogP contribution in [0.2, 0.25) is 0 Å². The fraction of sp³-hybridized carbons (Fsp3) is 0.385. The maximum atomic E-state index is 11.3. The van der Waals surface area contributed by atoms with E-state index in [0.29, 0.717) is 22.8 Å². The van der Waals surface area contributed by atoms with Crippen molar-refractivity contribution in [1.29, 1.82) is 0 Å². The van der Waals surface area contributed by atoms with Gasteiger partial charge in [-0.3, -0.25) is 4.98 Å². The lowest BCUT2D eigenvalue weighted by atomic mass is 9.90. The van der Waals surface area contributed by atoms with Crippen LogP contribution in [-0.2, 0) is 5.41 Å². The van der Waals surface area contributed by atoms with Gasteiger partial charge >= 0.3 is 5.97 Å². The maximum Gasteiger partial charge on any atom is 0.358 e. The summed E-state index contributed by atoms with van der Waals surface area (Å²) in [5.74, 6) is -1.10. The monoisotopic (exact) mass is 275 g/mol. The van der Waals surface area contributed by atoms with Gasteiger partial charge in [-0.2, -0.15) is 0 Å². The summed E-state index contributed by atoms with van der Waals surface area (Å²) in [6, 6.07) is 1.71. The molecular weight excluding hydrogens is 258 g/mol. The Balaban J connectivity index is 2.75. The molecule has 0 aliphatic rings. The fourth-order valence-corrected chi connectivity index (χ4v) is 2.02. The van der Waals surface area contributed by atoms with Crippen LogP contribution < -0.4 is 5.73 Å². The third-order valence-electron chi connectivity index (χ3n) is 2.89. The number of hydrogen-bond donors (Lipinski definition) is 2. The van der Waals surface area contributed by atoms with Crippen molar-refractivity contribution in [3.05, 3.63) is 29.3 Å². The molecule has 2 aromatic rings. The number of nitrogens with zero attached hydrogens (tertiary/aromatic N) is 4. The van der Waals surface area contributed by atoms with E-state index in [1.165, 1.54) is 4.68 Å². The summed E-state index contributed by atoms with van der Waals surface area (Å²) in [4.78, 5) is 15.5. The van der Waals surface area contributed by atoms with Crippen molar-refractivity contribution < 1.29 is 9.90 Å². The van der Waals surface area contributed by atoms with Crippen LogP contribution in [-0.4, -0.2) is 31.1 Å². The first-order valence-electron chi connectivity index (χ1n) is 6.14. The highest BCUT2D eigenvalue weighted by Crippen LogP contribution is 2.28. The van der Waals surface area contributed by atoms with Crippen molar-refractivity contribution in [1.82, 2.24) is 20.0 Å². The van der Waals surface area contributed by atoms with E-state index in [1.54, 1.807) is 12.3 Å². The third-order valence-corrected chi connectivity index (χ3v) is 2.89. The largest absolute Gasteiger partial charge is 0.476 e. The van der Waals surface area contributed by atoms with Gasteiger partial charge in [0.15, 0.2) is 5.69 Å². The topological polar surface area (TPSA) is 107 Å². The lowest BCUT2D eigenvalue weighted by Gasteiger charge is -2.21. The number of carboxylic acid groups (broad SMARTS) is 1. The van der Waals surface area contributed by atoms with Crippen LogP contribution in [0, 0.1) is 6.92 Å². The summed E-state index contributed by atoms with van der Waals surface area (Å²) >= 11 is 0. The van der Waals surface area contributed by atoms with Crippen LogP contribution in [0.15, 0.2) is 12.3 Å². The van der Waals surface area contributed by atoms with Crippen molar-refractivity contribution in [2.75, 3.05) is 5.73 Å². The van der Waals surface area contributed by atoms with E-state index < -0.39 is 11.4 Å². The first-order chi connectivity index (χ1) is 9.21. The second-order valence-electron chi connectivity index (χ2n) is 5.63. The van der Waals surface area contributed by atoms with E-state index in [0.717, 1.165) is 0 Å². The molecule has 0 saturated heterocycles. The zero-order valence-electron chi connectivity index (χ0n) is 11.9. The van der Waals surface area contributed by atoms with Gasteiger partial charge in [0.2, 0.25) is 0 Å². The first kappa shape index (κ1) is 14.0. The molecule has 0 unspecified atom stereocenters. The van der Waals surface area contributed by atoms with Gasteiger partial charge in [-0.1, -0.05) is 26.0 Å². The molecule has 20 heavy (non-hydrogen) atoms. The lowest BCUT2D eigenvalue weighted by molar-refractivity contribution is 0.0687. The highest BCUT2D eigenvalue weighted by molar-refractivity contribution is 5.87. The summed E-state index contributed by atoms with van der Waals surface area (Å²) in [5, 5.41) is 17.0. The number of carbonyl (C=O) groups is 1. The average molecular weight is 275 g/mol. The van der Waals surface area contributed by atoms with Crippen molar-refractivity contribution >= 4 is 11.7 Å². The van der Waals surface area contributed by atoms with Gasteiger partial charge in [-0.15, -0.1) is 5.10 Å². The van der Waals surface area contributed by atoms with Gasteiger partial charge in [0.05, 0.1) is 29.0 Å². The summed E-state index contributed by atoms with van der Waals surface area (Å²) in [6.07, 6.45) is 1.55. The number of nitrogen functional groups attached to an aromatic ring is 1. The van der Waals surface area contributed by atoms with E-state index in [1.807, 2.05) is 27.7 Å². The molecule has 106 valence electrons. The van der Waals surface area contributed by atoms with Crippen LogP contribution in [0.1, 0.15) is 42.6 Å². The Kier molecular flexibility index (Phi) is 3.21. The van der Waals surface area contributed by atoms with Crippen molar-refractivity contribution in [2.24, 2.45) is 0 Å². The summed E-state index contributed by atoms with van der Waals surface area (Å²) in [6.45, 7) is 7.53. The number of rotatable bonds is 2. The van der Waals surface area contributed by atoms with E-state index in [-0.39, 0.29) is 5.69 Å². The molecule has 3 N–H and O–H groups in total. The SMILES string of the molecule is Cc1ncc(N)cc1-n1nnc(C(=O)O)c1C(C)(C)C. The number of carboxylic acids is 1. The number of aryl methyl sites for hydroxylation is 1. The van der Waals surface area contributed by atoms with Crippen molar-refractivity contribution in [3.63, 3.8) is 0 Å². The Bertz CT molecular complexity index is 670. The van der Waals surface area contributed by atoms with Crippen LogP contribution >= 0.6 is 0 Å². The van der Waals surface area contributed by atoms with Crippen molar-refractivity contribution in [3.8, 4) is 5.69 Å². The van der Waals surface area contributed by atoms with Gasteiger partial charge in [-0.25, -0.2) is 9.48 Å². The Labute approximate surface area is 116 Å². The zero-order chi connectivity index (χ0) is 15.1. The summed E-state index contributed by atoms with van der Waals surface area (Å²) in [7, 11) is 0. The van der Waals surface area contributed by atoms with Gasteiger partial charge in [0, 0.05) is 5.41 Å². The molecular formula is C13H17N5O2. The molecule has 0 saturated carbocycles. The molecule has 2 rings (SSSR count). The highest BCUT2D eigenvalue weighted by atomic mass is 16.4. The molecule has 0 aliphatic carbocycles. The van der Waals surface area contributed by atoms with E-state index >= 15 is 0 Å². The lowest BCUT2D eigenvalue weighted by Crippen LogP contribution is -2.21. The zero-order valence-corrected chi connectivity index (χ0v) is 11.9. The molecule has 2 heterocycles. The Morgan fingerprint density at radius 1 is 1.40 bits per heavy atom. The molecule has 0 radical (unpaired) electrons. The van der Waals surface area contributed by atoms with Gasteiger partial charge < -0.3 is 10.8 Å². The molecule has 0 bridgehead atoms. The van der Waals surface area contributed by atoms with Crippen LogP contribution in [0.5, 0.6) is 0 Å². The standard InChI is InChI=1S/C13H17N5O2/c1-7-9(5-8(14)6-15-7)18-11(13(2,3)4)10(12(19)20)16-17-18/h5-6H,14H2,1-4H3,(H,19,20). The maximum absolute atomic E-state index is 11.3. The third kappa shape index (κ3) is 2.34. The number of aromatic carboxylic acids is 1. The second-order valence-corrected chi connectivity index (χ2v) is 5.63. The predicted octanol–water partition coefficient (Wildman–Crippen LogP) is 1.55. The number of hydrogen-bond acceptors (Lipinski definition) is 5. The van der Waals surface area contributed by atoms with Crippen LogP contribution in [0.25, 0.3) is 5.69 Å². The molecule has 0 spiro atoms. The number of anilines is 1. The summed E-state index contributed by atoms with van der Waals surface area (Å²) in [5.41, 5.74) is 7.59. The van der Waals surface area contributed by atoms with Crippen LogP contribution in [0.4, 0.5) is 5.69 Å². The van der Waals surface area contributed by atoms with E-state index in [2.05, 4.69) is 15.3 Å². The summed E-state index contributed by atoms with van der Waals surface area (Å²) < 4.78 is 1.50. The molecule has 0 amide bonds. The minimum atomic E-state index is -1.10. The first-order valence-corrected chi connectivity index (χ1v) is 6.14. The fourth-order valence-electron chi connectivity index (χ4n) is 2.02. The molecule has 0 aliphatic heterocycles. The number of nitrogens with two attached hydrogens (primary N) is 1. The molecule has 0 fully saturated rings. The Morgan fingerprint density at radius 2 is 2.05 bits per heavy atom. The minimum absolute atomic E-state index is 0.0562. The number of pyridine rings is 1. The van der Waals surface area contributed by atoms with Gasteiger partial charge in [0.25, 0.3) is 0 Å².